The summed E-state index contributed by atoms with van der Waals surface area (Å²) in [6.45, 7) is 2.98. The van der Waals surface area contributed by atoms with E-state index in [9.17, 15) is 30.3 Å². The van der Waals surface area contributed by atoms with E-state index in [-0.39, 0.29) is 43.7 Å². The SMILES string of the molecule is COC(=O)C1C(O)CC2CC(CC(C)(CO)CO)(CC(C)(CO)CO)CC21. The zero-order valence-electron chi connectivity index (χ0n) is 16.7. The number of rotatable bonds is 9. The van der Waals surface area contributed by atoms with E-state index in [2.05, 4.69) is 0 Å². The van der Waals surface area contributed by atoms with Gasteiger partial charge in [0.1, 0.15) is 0 Å². The number of aliphatic hydroxyl groups is 5. The lowest BCUT2D eigenvalue weighted by Crippen LogP contribution is -2.40. The first-order valence-electron chi connectivity index (χ1n) is 9.80. The van der Waals surface area contributed by atoms with Gasteiger partial charge < -0.3 is 30.3 Å². The van der Waals surface area contributed by atoms with E-state index in [1.165, 1.54) is 7.11 Å². The highest BCUT2D eigenvalue weighted by molar-refractivity contribution is 5.74. The number of carbonyl (C=O) groups is 1. The van der Waals surface area contributed by atoms with E-state index < -0.39 is 28.8 Å². The van der Waals surface area contributed by atoms with Crippen molar-refractivity contribution in [1.29, 1.82) is 0 Å². The van der Waals surface area contributed by atoms with Crippen LogP contribution in [0.15, 0.2) is 0 Å². The first-order valence-corrected chi connectivity index (χ1v) is 9.80. The van der Waals surface area contributed by atoms with Crippen molar-refractivity contribution in [2.75, 3.05) is 33.5 Å². The molecule has 2 rings (SSSR count). The zero-order valence-corrected chi connectivity index (χ0v) is 16.7. The second-order valence-corrected chi connectivity index (χ2v) is 9.79. The van der Waals surface area contributed by atoms with E-state index in [0.717, 1.165) is 6.42 Å². The Morgan fingerprint density at radius 3 is 1.89 bits per heavy atom. The molecule has 2 fully saturated rings. The van der Waals surface area contributed by atoms with Gasteiger partial charge in [-0.3, -0.25) is 4.79 Å². The average Bonchev–Trinajstić information content (AvgIpc) is 3.12. The predicted octanol–water partition coefficient (Wildman–Crippen LogP) is 0.315. The van der Waals surface area contributed by atoms with Crippen molar-refractivity contribution in [1.82, 2.24) is 0 Å². The summed E-state index contributed by atoms with van der Waals surface area (Å²) in [5.41, 5.74) is -1.73. The molecule has 0 aromatic carbocycles. The largest absolute Gasteiger partial charge is 0.469 e. The van der Waals surface area contributed by atoms with Gasteiger partial charge in [-0.15, -0.1) is 0 Å². The molecule has 27 heavy (non-hydrogen) atoms. The fourth-order valence-corrected chi connectivity index (χ4v) is 5.83. The molecule has 0 spiro atoms. The van der Waals surface area contributed by atoms with Crippen LogP contribution in [-0.4, -0.2) is 71.1 Å². The Hall–Kier alpha value is -0.730. The molecule has 0 radical (unpaired) electrons. The molecule has 0 aliphatic heterocycles. The van der Waals surface area contributed by atoms with E-state index in [1.54, 1.807) is 0 Å². The lowest BCUT2D eigenvalue weighted by molar-refractivity contribution is -0.150. The van der Waals surface area contributed by atoms with Gasteiger partial charge in [-0.2, -0.15) is 0 Å². The Morgan fingerprint density at radius 1 is 1.00 bits per heavy atom. The van der Waals surface area contributed by atoms with Crippen molar-refractivity contribution in [3.05, 3.63) is 0 Å². The molecule has 0 saturated heterocycles. The average molecular weight is 389 g/mol. The third kappa shape index (κ3) is 4.48. The molecule has 2 saturated carbocycles. The quantitative estimate of drug-likeness (QED) is 0.360. The molecule has 4 atom stereocenters. The van der Waals surface area contributed by atoms with Crippen molar-refractivity contribution in [2.45, 2.75) is 52.1 Å². The second kappa shape index (κ2) is 8.33. The van der Waals surface area contributed by atoms with Gasteiger partial charge in [0.05, 0.1) is 45.6 Å². The molecule has 158 valence electrons. The van der Waals surface area contributed by atoms with Crippen LogP contribution in [0.5, 0.6) is 0 Å². The van der Waals surface area contributed by atoms with Crippen LogP contribution in [0.3, 0.4) is 0 Å². The lowest BCUT2D eigenvalue weighted by atomic mass is 9.63. The van der Waals surface area contributed by atoms with Gasteiger partial charge in [0.15, 0.2) is 0 Å². The molecular formula is C20H36O7. The van der Waals surface area contributed by atoms with Gasteiger partial charge in [0, 0.05) is 10.8 Å². The number of hydrogen-bond acceptors (Lipinski definition) is 7. The number of fused-ring (bicyclic) bond motifs is 1. The normalized spacial score (nSPS) is 30.4. The monoisotopic (exact) mass is 388 g/mol. The van der Waals surface area contributed by atoms with Crippen LogP contribution in [-0.2, 0) is 9.53 Å². The molecular weight excluding hydrogens is 352 g/mol. The molecule has 7 nitrogen and oxygen atoms in total. The van der Waals surface area contributed by atoms with Gasteiger partial charge in [0.25, 0.3) is 0 Å². The zero-order chi connectivity index (χ0) is 20.5. The van der Waals surface area contributed by atoms with Crippen LogP contribution < -0.4 is 0 Å². The Bertz CT molecular complexity index is 492. The second-order valence-electron chi connectivity index (χ2n) is 9.79. The fourth-order valence-electron chi connectivity index (χ4n) is 5.83. The maximum absolute atomic E-state index is 12.2. The standard InChI is InChI=1S/C20H36O7/c1-18(9-21,10-22)7-20(8-19(2,11-23)12-24)5-13-4-15(25)16(14(13)6-20)17(26)27-3/h13-16,21-25H,4-12H2,1-3H3. The van der Waals surface area contributed by atoms with Crippen molar-refractivity contribution < 1.29 is 35.1 Å². The highest BCUT2D eigenvalue weighted by Gasteiger charge is 2.58. The summed E-state index contributed by atoms with van der Waals surface area (Å²) >= 11 is 0. The topological polar surface area (TPSA) is 127 Å². The fraction of sp³-hybridized carbons (Fsp3) is 0.950. The van der Waals surface area contributed by atoms with Crippen LogP contribution in [0.2, 0.25) is 0 Å². The molecule has 0 bridgehead atoms. The third-order valence-corrected chi connectivity index (χ3v) is 6.99. The number of carbonyl (C=O) groups excluding carboxylic acids is 1. The minimum absolute atomic E-state index is 0.0317. The van der Waals surface area contributed by atoms with Crippen molar-refractivity contribution in [3.63, 3.8) is 0 Å². The Kier molecular flexibility index (Phi) is 6.96. The highest BCUT2D eigenvalue weighted by Crippen LogP contribution is 2.61. The molecule has 4 unspecified atom stereocenters. The van der Waals surface area contributed by atoms with E-state index in [4.69, 9.17) is 4.74 Å². The molecule has 2 aliphatic carbocycles. The van der Waals surface area contributed by atoms with E-state index in [1.807, 2.05) is 13.8 Å². The van der Waals surface area contributed by atoms with Crippen LogP contribution in [0.4, 0.5) is 0 Å². The maximum Gasteiger partial charge on any atom is 0.311 e. The van der Waals surface area contributed by atoms with Crippen molar-refractivity contribution in [3.8, 4) is 0 Å². The molecule has 5 N–H and O–H groups in total. The Balaban J connectivity index is 2.34. The number of methoxy groups -OCH3 is 1. The first kappa shape index (κ1) is 22.6. The Labute approximate surface area is 161 Å². The van der Waals surface area contributed by atoms with Crippen LogP contribution in [0.1, 0.15) is 46.0 Å². The third-order valence-electron chi connectivity index (χ3n) is 6.99. The smallest absolute Gasteiger partial charge is 0.311 e. The minimum atomic E-state index is -0.713. The number of ether oxygens (including phenoxy) is 1. The van der Waals surface area contributed by atoms with Gasteiger partial charge in [-0.1, -0.05) is 13.8 Å². The van der Waals surface area contributed by atoms with Crippen molar-refractivity contribution >= 4 is 5.97 Å². The van der Waals surface area contributed by atoms with Gasteiger partial charge in [-0.25, -0.2) is 0 Å². The van der Waals surface area contributed by atoms with Crippen LogP contribution in [0.25, 0.3) is 0 Å². The maximum atomic E-state index is 12.2. The Morgan fingerprint density at radius 2 is 1.48 bits per heavy atom. The highest BCUT2D eigenvalue weighted by atomic mass is 16.5. The summed E-state index contributed by atoms with van der Waals surface area (Å²) in [4.78, 5) is 12.2. The summed E-state index contributed by atoms with van der Waals surface area (Å²) in [6, 6.07) is 0. The summed E-state index contributed by atoms with van der Waals surface area (Å²) in [5, 5.41) is 49.6. The van der Waals surface area contributed by atoms with E-state index >= 15 is 0 Å². The summed E-state index contributed by atoms with van der Waals surface area (Å²) in [5.74, 6) is -0.848. The molecule has 7 heteroatoms. The summed E-state index contributed by atoms with van der Waals surface area (Å²) < 4.78 is 4.91. The van der Waals surface area contributed by atoms with Crippen LogP contribution in [0, 0.1) is 34.0 Å². The predicted molar refractivity (Wildman–Crippen MR) is 98.6 cm³/mol. The number of esters is 1. The van der Waals surface area contributed by atoms with Crippen molar-refractivity contribution in [2.24, 2.45) is 34.0 Å². The molecule has 2 aliphatic rings. The minimum Gasteiger partial charge on any atom is -0.469 e. The summed E-state index contributed by atoms with van der Waals surface area (Å²) in [6.07, 6.45) is 2.23. The molecule has 0 aromatic rings. The van der Waals surface area contributed by atoms with Gasteiger partial charge >= 0.3 is 5.97 Å². The number of aliphatic hydroxyl groups excluding tert-OH is 5. The number of hydrogen-bond donors (Lipinski definition) is 5. The molecule has 0 heterocycles. The first-order chi connectivity index (χ1) is 12.6. The van der Waals surface area contributed by atoms with Crippen LogP contribution >= 0.6 is 0 Å². The molecule has 0 aromatic heterocycles. The summed E-state index contributed by atoms with van der Waals surface area (Å²) in [7, 11) is 1.33. The van der Waals surface area contributed by atoms with E-state index in [0.29, 0.717) is 25.7 Å². The molecule has 0 amide bonds. The lowest BCUT2D eigenvalue weighted by Gasteiger charge is -2.43. The van der Waals surface area contributed by atoms with Gasteiger partial charge in [0.2, 0.25) is 0 Å². The van der Waals surface area contributed by atoms with Gasteiger partial charge in [-0.05, 0) is 49.4 Å².